The number of carbonyl (C=O) groups excluding carboxylic acids is 3. The van der Waals surface area contributed by atoms with E-state index in [1.165, 1.54) is 12.1 Å². The van der Waals surface area contributed by atoms with Gasteiger partial charge in [0, 0.05) is 87.7 Å². The van der Waals surface area contributed by atoms with Gasteiger partial charge in [0.2, 0.25) is 0 Å². The Morgan fingerprint density at radius 3 is 1.56 bits per heavy atom. The number of nitrogens with zero attached hydrogens (tertiary/aromatic N) is 5. The SMILES string of the molecule is CC(C)(C)OC(=O)N1CC=CC1c1cc(C(=O)N2CCOCC2)cc2c(=O)cc(N3CCOCC3)oc12.O=C(c1cc(Br)c2oc(N3CCOCC3)cc(=O)c2c1)N1CCOCC1. The smallest absolute Gasteiger partial charge is 0.411 e. The number of fused-ring (bicyclic) bond motifs is 2. The number of anilines is 2. The van der Waals surface area contributed by atoms with E-state index >= 15 is 0 Å². The Bertz CT molecular complexity index is 2490. The van der Waals surface area contributed by atoms with Gasteiger partial charge in [-0.2, -0.15) is 0 Å². The summed E-state index contributed by atoms with van der Waals surface area (Å²) in [5, 5.41) is 0.698. The van der Waals surface area contributed by atoms with Crippen LogP contribution in [0.1, 0.15) is 53.1 Å². The summed E-state index contributed by atoms with van der Waals surface area (Å²) in [7, 11) is 0. The summed E-state index contributed by atoms with van der Waals surface area (Å²) in [5.41, 5.74) is 1.15. The van der Waals surface area contributed by atoms with Crippen molar-refractivity contribution in [3.63, 3.8) is 0 Å². The Labute approximate surface area is 372 Å². The molecule has 17 nitrogen and oxygen atoms in total. The first-order chi connectivity index (χ1) is 30.3. The molecule has 0 N–H and O–H groups in total. The maximum Gasteiger partial charge on any atom is 0.411 e. The van der Waals surface area contributed by atoms with E-state index in [-0.39, 0.29) is 22.7 Å². The van der Waals surface area contributed by atoms with Gasteiger partial charge >= 0.3 is 6.09 Å². The molecule has 4 saturated heterocycles. The highest BCUT2D eigenvalue weighted by Gasteiger charge is 2.34. The van der Waals surface area contributed by atoms with Gasteiger partial charge in [0.15, 0.2) is 28.2 Å². The van der Waals surface area contributed by atoms with Crippen molar-refractivity contribution in [3.8, 4) is 0 Å². The van der Waals surface area contributed by atoms with Gasteiger partial charge in [-0.25, -0.2) is 4.79 Å². The topological polar surface area (TPSA) is 174 Å². The van der Waals surface area contributed by atoms with Crippen molar-refractivity contribution in [3.05, 3.63) is 90.2 Å². The summed E-state index contributed by atoms with van der Waals surface area (Å²) in [4.78, 5) is 74.3. The average molecular weight is 935 g/mol. The lowest BCUT2D eigenvalue weighted by atomic mass is 9.99. The van der Waals surface area contributed by atoms with E-state index in [4.69, 9.17) is 32.5 Å². The maximum atomic E-state index is 13.4. The van der Waals surface area contributed by atoms with Gasteiger partial charge in [-0.3, -0.25) is 24.1 Å². The van der Waals surface area contributed by atoms with Crippen LogP contribution in [0.25, 0.3) is 21.9 Å². The number of carbonyl (C=O) groups is 3. The lowest BCUT2D eigenvalue weighted by molar-refractivity contribution is 0.0240. The molecule has 3 amide bonds. The molecule has 2 aromatic heterocycles. The molecule has 63 heavy (non-hydrogen) atoms. The normalized spacial score (nSPS) is 19.6. The zero-order chi connectivity index (χ0) is 44.3. The second kappa shape index (κ2) is 19.2. The van der Waals surface area contributed by atoms with Crippen LogP contribution in [0.3, 0.4) is 0 Å². The number of morpholine rings is 4. The number of rotatable bonds is 5. The van der Waals surface area contributed by atoms with E-state index in [9.17, 15) is 24.0 Å². The van der Waals surface area contributed by atoms with Crippen molar-refractivity contribution in [1.82, 2.24) is 14.7 Å². The Morgan fingerprint density at radius 2 is 1.06 bits per heavy atom. The third-order valence-corrected chi connectivity index (χ3v) is 11.8. The van der Waals surface area contributed by atoms with Gasteiger partial charge in [0.1, 0.15) is 11.2 Å². The number of amides is 3. The number of hydrogen-bond donors (Lipinski definition) is 0. The zero-order valence-electron chi connectivity index (χ0n) is 35.7. The predicted octanol–water partition coefficient (Wildman–Crippen LogP) is 4.81. The van der Waals surface area contributed by atoms with Gasteiger partial charge in [-0.15, -0.1) is 0 Å². The average Bonchev–Trinajstić information content (AvgIpc) is 3.80. The molecule has 2 aromatic carbocycles. The Balaban J connectivity index is 0.000000184. The first kappa shape index (κ1) is 44.3. The molecule has 7 heterocycles. The summed E-state index contributed by atoms with van der Waals surface area (Å²) in [5.74, 6) is 0.681. The monoisotopic (exact) mass is 933 g/mol. The molecule has 0 saturated carbocycles. The quantitative estimate of drug-likeness (QED) is 0.250. The van der Waals surface area contributed by atoms with Crippen molar-refractivity contribution in [2.45, 2.75) is 32.4 Å². The second-order valence-corrected chi connectivity index (χ2v) is 17.5. The molecule has 0 spiro atoms. The van der Waals surface area contributed by atoms with Crippen LogP contribution in [0.5, 0.6) is 0 Å². The van der Waals surface area contributed by atoms with Gasteiger partial charge in [0.05, 0.1) is 74.1 Å². The van der Waals surface area contributed by atoms with Crippen molar-refractivity contribution >= 4 is 67.5 Å². The van der Waals surface area contributed by atoms with Crippen molar-refractivity contribution in [2.75, 3.05) is 122 Å². The van der Waals surface area contributed by atoms with E-state index in [0.717, 1.165) is 0 Å². The standard InChI is InChI=1S/C27H33N3O7.C18H19BrN2O5/c1-27(2,3)37-26(33)30-6-4-5-21(30)19-15-18(25(32)29-9-13-35-14-10-29)16-20-22(31)17-23(36-24(19)20)28-7-11-34-12-8-28;19-14-10-12(18(23)21-3-7-25-8-4-21)9-13-15(22)11-16(26-17(13)14)20-1-5-24-6-2-20/h4-5,15-17,21H,6-14H2,1-3H3;9-11H,1-8H2. The molecule has 18 heteroatoms. The molecule has 1 atom stereocenters. The van der Waals surface area contributed by atoms with Crippen LogP contribution in [0.15, 0.2) is 71.4 Å². The lowest BCUT2D eigenvalue weighted by Crippen LogP contribution is -2.41. The molecule has 5 aliphatic rings. The van der Waals surface area contributed by atoms with Crippen LogP contribution in [-0.4, -0.2) is 150 Å². The van der Waals surface area contributed by atoms with Crippen molar-refractivity contribution < 1.29 is 46.9 Å². The highest BCUT2D eigenvalue weighted by Crippen LogP contribution is 2.36. The van der Waals surface area contributed by atoms with Gasteiger partial charge in [0.25, 0.3) is 11.8 Å². The number of halogens is 1. The highest BCUT2D eigenvalue weighted by molar-refractivity contribution is 9.10. The summed E-state index contributed by atoms with van der Waals surface area (Å²) in [6, 6.07) is 9.07. The molecule has 4 aromatic rings. The Morgan fingerprint density at radius 1 is 0.619 bits per heavy atom. The molecule has 0 aliphatic carbocycles. The van der Waals surface area contributed by atoms with Crippen LogP contribution in [0.2, 0.25) is 0 Å². The van der Waals surface area contributed by atoms with Crippen LogP contribution >= 0.6 is 15.9 Å². The summed E-state index contributed by atoms with van der Waals surface area (Å²) in [6.45, 7) is 14.7. The fraction of sp³-hybridized carbons (Fsp3) is 0.489. The fourth-order valence-corrected chi connectivity index (χ4v) is 8.56. The molecule has 0 bridgehead atoms. The summed E-state index contributed by atoms with van der Waals surface area (Å²) < 4.78 is 40.0. The minimum Gasteiger partial charge on any atom is -0.444 e. The molecule has 5 aliphatic heterocycles. The molecule has 1 unspecified atom stereocenters. The van der Waals surface area contributed by atoms with Crippen LogP contribution in [0.4, 0.5) is 16.6 Å². The minimum absolute atomic E-state index is 0.104. The number of benzene rings is 2. The minimum atomic E-state index is -0.670. The largest absolute Gasteiger partial charge is 0.444 e. The third kappa shape index (κ3) is 10.1. The molecule has 4 fully saturated rings. The molecule has 0 radical (unpaired) electrons. The highest BCUT2D eigenvalue weighted by atomic mass is 79.9. The number of hydrogen-bond acceptors (Lipinski definition) is 14. The van der Waals surface area contributed by atoms with E-state index in [2.05, 4.69) is 15.9 Å². The predicted molar refractivity (Wildman–Crippen MR) is 237 cm³/mol. The van der Waals surface area contributed by atoms with Crippen molar-refractivity contribution in [2.24, 2.45) is 0 Å². The second-order valence-electron chi connectivity index (χ2n) is 16.7. The van der Waals surface area contributed by atoms with E-state index in [1.807, 2.05) is 42.7 Å². The van der Waals surface area contributed by atoms with E-state index in [1.54, 1.807) is 39.0 Å². The Kier molecular flexibility index (Phi) is 13.5. The van der Waals surface area contributed by atoms with Crippen LogP contribution in [0, 0.1) is 0 Å². The van der Waals surface area contributed by atoms with Gasteiger partial charge < -0.3 is 52.1 Å². The first-order valence-corrected chi connectivity index (χ1v) is 22.1. The third-order valence-electron chi connectivity index (χ3n) is 11.3. The number of ether oxygens (including phenoxy) is 5. The van der Waals surface area contributed by atoms with Crippen LogP contribution < -0.4 is 20.7 Å². The van der Waals surface area contributed by atoms with Gasteiger partial charge in [-0.05, 0) is 61.0 Å². The summed E-state index contributed by atoms with van der Waals surface area (Å²) in [6.07, 6.45) is 3.27. The van der Waals surface area contributed by atoms with Crippen molar-refractivity contribution in [1.29, 1.82) is 0 Å². The zero-order valence-corrected chi connectivity index (χ0v) is 37.3. The van der Waals surface area contributed by atoms with Crippen LogP contribution in [-0.2, 0) is 23.7 Å². The molecular formula is C45H52BrN5O12. The maximum absolute atomic E-state index is 13.4. The molecular weight excluding hydrogens is 882 g/mol. The van der Waals surface area contributed by atoms with Gasteiger partial charge in [-0.1, -0.05) is 12.2 Å². The summed E-state index contributed by atoms with van der Waals surface area (Å²) >= 11 is 3.46. The first-order valence-electron chi connectivity index (χ1n) is 21.3. The van der Waals surface area contributed by atoms with E-state index in [0.29, 0.717) is 167 Å². The molecule has 9 rings (SSSR count). The fourth-order valence-electron chi connectivity index (χ4n) is 8.02. The molecule has 336 valence electrons. The Hall–Kier alpha value is -5.27. The van der Waals surface area contributed by atoms with E-state index < -0.39 is 17.7 Å². The lowest BCUT2D eigenvalue weighted by Gasteiger charge is -2.30.